The molecule has 14 heavy (non-hydrogen) atoms. The van der Waals surface area contributed by atoms with Crippen LogP contribution in [0.25, 0.3) is 0 Å². The highest BCUT2D eigenvalue weighted by atomic mass is 16.3. The SMILES string of the molecule is CCCNC(N)=NCC(C)(O)CCC. The monoisotopic (exact) mass is 201 g/mol. The van der Waals surface area contributed by atoms with Crippen LogP contribution in [0.2, 0.25) is 0 Å². The average Bonchev–Trinajstić information content (AvgIpc) is 2.11. The normalized spacial score (nSPS) is 16.4. The van der Waals surface area contributed by atoms with Crippen molar-refractivity contribution in [3.63, 3.8) is 0 Å². The van der Waals surface area contributed by atoms with E-state index >= 15 is 0 Å². The zero-order valence-electron chi connectivity index (χ0n) is 9.51. The first-order valence-corrected chi connectivity index (χ1v) is 5.28. The Hall–Kier alpha value is -0.770. The number of nitrogens with one attached hydrogen (secondary N) is 1. The van der Waals surface area contributed by atoms with Crippen LogP contribution in [0, 0.1) is 0 Å². The van der Waals surface area contributed by atoms with Crippen molar-refractivity contribution < 1.29 is 5.11 Å². The number of hydrogen-bond donors (Lipinski definition) is 3. The molecule has 0 aromatic rings. The van der Waals surface area contributed by atoms with E-state index in [4.69, 9.17) is 5.73 Å². The third-order valence-electron chi connectivity index (χ3n) is 1.93. The maximum Gasteiger partial charge on any atom is 0.188 e. The fourth-order valence-electron chi connectivity index (χ4n) is 1.18. The first-order valence-electron chi connectivity index (χ1n) is 5.28. The van der Waals surface area contributed by atoms with Gasteiger partial charge in [0.05, 0.1) is 12.1 Å². The van der Waals surface area contributed by atoms with E-state index in [0.717, 1.165) is 25.8 Å². The molecule has 1 unspecified atom stereocenters. The van der Waals surface area contributed by atoms with Crippen molar-refractivity contribution >= 4 is 5.96 Å². The summed E-state index contributed by atoms with van der Waals surface area (Å²) in [5.74, 6) is 0.420. The maximum atomic E-state index is 9.80. The van der Waals surface area contributed by atoms with Gasteiger partial charge in [-0.3, -0.25) is 4.99 Å². The standard InChI is InChI=1S/C10H23N3O/c1-4-6-10(3,14)8-13-9(11)12-7-5-2/h14H,4-8H2,1-3H3,(H3,11,12,13). The quantitative estimate of drug-likeness (QED) is 0.441. The zero-order chi connectivity index (χ0) is 11.0. The van der Waals surface area contributed by atoms with Gasteiger partial charge in [-0.1, -0.05) is 20.3 Å². The van der Waals surface area contributed by atoms with Gasteiger partial charge in [-0.2, -0.15) is 0 Å². The van der Waals surface area contributed by atoms with Crippen molar-refractivity contribution in [2.75, 3.05) is 13.1 Å². The average molecular weight is 201 g/mol. The molecular weight excluding hydrogens is 178 g/mol. The van der Waals surface area contributed by atoms with Gasteiger partial charge in [0.15, 0.2) is 5.96 Å². The number of nitrogens with two attached hydrogens (primary N) is 1. The molecule has 0 saturated heterocycles. The van der Waals surface area contributed by atoms with Crippen LogP contribution >= 0.6 is 0 Å². The second-order valence-electron chi connectivity index (χ2n) is 3.88. The Kier molecular flexibility index (Phi) is 6.28. The van der Waals surface area contributed by atoms with Crippen molar-refractivity contribution in [3.05, 3.63) is 0 Å². The molecule has 0 fully saturated rings. The molecule has 1 atom stereocenters. The summed E-state index contributed by atoms with van der Waals surface area (Å²) in [5.41, 5.74) is 4.86. The van der Waals surface area contributed by atoms with Crippen molar-refractivity contribution in [1.29, 1.82) is 0 Å². The lowest BCUT2D eigenvalue weighted by Gasteiger charge is -2.20. The minimum absolute atomic E-state index is 0.364. The van der Waals surface area contributed by atoms with Crippen LogP contribution in [-0.4, -0.2) is 29.8 Å². The van der Waals surface area contributed by atoms with Crippen molar-refractivity contribution in [2.45, 2.75) is 45.6 Å². The number of rotatable bonds is 6. The second kappa shape index (κ2) is 6.65. The minimum atomic E-state index is -0.729. The summed E-state index contributed by atoms with van der Waals surface area (Å²) >= 11 is 0. The number of aliphatic hydroxyl groups is 1. The first kappa shape index (κ1) is 13.2. The van der Waals surface area contributed by atoms with Gasteiger partial charge in [0.1, 0.15) is 0 Å². The molecule has 0 aromatic heterocycles. The van der Waals surface area contributed by atoms with Gasteiger partial charge in [0.2, 0.25) is 0 Å². The molecule has 0 bridgehead atoms. The molecule has 0 radical (unpaired) electrons. The molecule has 4 heteroatoms. The smallest absolute Gasteiger partial charge is 0.188 e. The molecular formula is C10H23N3O. The number of guanidine groups is 1. The summed E-state index contributed by atoms with van der Waals surface area (Å²) in [6.07, 6.45) is 2.71. The zero-order valence-corrected chi connectivity index (χ0v) is 9.51. The van der Waals surface area contributed by atoms with Crippen molar-refractivity contribution in [2.24, 2.45) is 10.7 Å². The van der Waals surface area contributed by atoms with E-state index in [0.29, 0.717) is 12.5 Å². The molecule has 0 spiro atoms. The maximum absolute atomic E-state index is 9.80. The summed E-state index contributed by atoms with van der Waals surface area (Å²) in [6.45, 7) is 7.08. The fourth-order valence-corrected chi connectivity index (χ4v) is 1.18. The predicted octanol–water partition coefficient (Wildman–Crippen LogP) is 0.852. The number of hydrogen-bond acceptors (Lipinski definition) is 2. The Bertz CT molecular complexity index is 178. The number of nitrogens with zero attached hydrogens (tertiary/aromatic N) is 1. The molecule has 4 nitrogen and oxygen atoms in total. The summed E-state index contributed by atoms with van der Waals surface area (Å²) in [6, 6.07) is 0. The lowest BCUT2D eigenvalue weighted by atomic mass is 10.0. The summed E-state index contributed by atoms with van der Waals surface area (Å²) in [5, 5.41) is 12.8. The molecule has 0 aliphatic heterocycles. The van der Waals surface area contributed by atoms with Crippen LogP contribution in [0.5, 0.6) is 0 Å². The Labute approximate surface area is 86.6 Å². The molecule has 84 valence electrons. The summed E-state index contributed by atoms with van der Waals surface area (Å²) in [4.78, 5) is 4.09. The summed E-state index contributed by atoms with van der Waals surface area (Å²) < 4.78 is 0. The fraction of sp³-hybridized carbons (Fsp3) is 0.900. The van der Waals surface area contributed by atoms with Crippen LogP contribution in [0.15, 0.2) is 4.99 Å². The van der Waals surface area contributed by atoms with E-state index in [2.05, 4.69) is 17.2 Å². The van der Waals surface area contributed by atoms with Gasteiger partial charge < -0.3 is 16.2 Å². The molecule has 0 rings (SSSR count). The van der Waals surface area contributed by atoms with E-state index < -0.39 is 5.60 Å². The van der Waals surface area contributed by atoms with Crippen LogP contribution in [0.1, 0.15) is 40.0 Å². The van der Waals surface area contributed by atoms with Gasteiger partial charge in [-0.05, 0) is 19.8 Å². The van der Waals surface area contributed by atoms with Crippen molar-refractivity contribution in [1.82, 2.24) is 5.32 Å². The van der Waals surface area contributed by atoms with Crippen LogP contribution in [-0.2, 0) is 0 Å². The minimum Gasteiger partial charge on any atom is -0.388 e. The molecule has 0 saturated carbocycles. The highest BCUT2D eigenvalue weighted by Gasteiger charge is 2.18. The first-order chi connectivity index (χ1) is 6.52. The molecule has 0 aliphatic rings. The third-order valence-corrected chi connectivity index (χ3v) is 1.93. The highest BCUT2D eigenvalue weighted by Crippen LogP contribution is 2.11. The lowest BCUT2D eigenvalue weighted by Crippen LogP contribution is -2.35. The van der Waals surface area contributed by atoms with Crippen molar-refractivity contribution in [3.8, 4) is 0 Å². The molecule has 0 heterocycles. The van der Waals surface area contributed by atoms with E-state index in [9.17, 15) is 5.11 Å². The third kappa shape index (κ3) is 6.71. The molecule has 0 aromatic carbocycles. The number of aliphatic imine (C=N–C) groups is 1. The largest absolute Gasteiger partial charge is 0.388 e. The van der Waals surface area contributed by atoms with Gasteiger partial charge >= 0.3 is 0 Å². The molecule has 0 amide bonds. The van der Waals surface area contributed by atoms with E-state index in [1.165, 1.54) is 0 Å². The Morgan fingerprint density at radius 1 is 1.43 bits per heavy atom. The van der Waals surface area contributed by atoms with Gasteiger partial charge in [-0.25, -0.2) is 0 Å². The Morgan fingerprint density at radius 3 is 2.57 bits per heavy atom. The van der Waals surface area contributed by atoms with E-state index in [1.807, 2.05) is 6.92 Å². The summed E-state index contributed by atoms with van der Waals surface area (Å²) in [7, 11) is 0. The Balaban J connectivity index is 3.87. The lowest BCUT2D eigenvalue weighted by molar-refractivity contribution is 0.0597. The molecule has 0 aliphatic carbocycles. The van der Waals surface area contributed by atoms with Crippen LogP contribution in [0.4, 0.5) is 0 Å². The van der Waals surface area contributed by atoms with E-state index in [1.54, 1.807) is 6.92 Å². The van der Waals surface area contributed by atoms with Gasteiger partial charge in [-0.15, -0.1) is 0 Å². The van der Waals surface area contributed by atoms with Gasteiger partial charge in [0.25, 0.3) is 0 Å². The predicted molar refractivity (Wildman–Crippen MR) is 60.3 cm³/mol. The molecule has 4 N–H and O–H groups in total. The van der Waals surface area contributed by atoms with Crippen LogP contribution in [0.3, 0.4) is 0 Å². The highest BCUT2D eigenvalue weighted by molar-refractivity contribution is 5.77. The Morgan fingerprint density at radius 2 is 2.07 bits per heavy atom. The van der Waals surface area contributed by atoms with Crippen LogP contribution < -0.4 is 11.1 Å². The topological polar surface area (TPSA) is 70.6 Å². The van der Waals surface area contributed by atoms with Gasteiger partial charge in [0, 0.05) is 6.54 Å². The van der Waals surface area contributed by atoms with E-state index in [-0.39, 0.29) is 0 Å². The second-order valence-corrected chi connectivity index (χ2v) is 3.88.